The van der Waals surface area contributed by atoms with Crippen molar-refractivity contribution in [3.8, 4) is 35.0 Å². The number of amides is 2. The molecule has 0 saturated heterocycles. The number of nitrogens with zero attached hydrogens (tertiary/aromatic N) is 4. The molecule has 47 heavy (non-hydrogen) atoms. The summed E-state index contributed by atoms with van der Waals surface area (Å²) in [6.45, 7) is 7.78. The zero-order valence-corrected chi connectivity index (χ0v) is 27.2. The van der Waals surface area contributed by atoms with E-state index < -0.39 is 0 Å². The Labute approximate surface area is 275 Å². The number of hydrogen-bond donors (Lipinski definition) is 3. The van der Waals surface area contributed by atoms with E-state index in [-0.39, 0.29) is 60.6 Å². The Kier molecular flexibility index (Phi) is 12.8. The average Bonchev–Trinajstić information content (AvgIpc) is 3.05. The van der Waals surface area contributed by atoms with E-state index in [9.17, 15) is 14.7 Å². The lowest BCUT2D eigenvalue weighted by atomic mass is 10.1. The maximum Gasteiger partial charge on any atom is 0.322 e. The Morgan fingerprint density at radius 3 is 1.45 bits per heavy atom. The summed E-state index contributed by atoms with van der Waals surface area (Å²) in [6, 6.07) is 15.5. The third-order valence-corrected chi connectivity index (χ3v) is 6.98. The number of aromatic nitrogens is 4. The van der Waals surface area contributed by atoms with E-state index in [1.165, 1.54) is 12.4 Å². The molecule has 4 aromatic rings. The summed E-state index contributed by atoms with van der Waals surface area (Å²) in [7, 11) is 0. The minimum atomic E-state index is -0.148. The predicted molar refractivity (Wildman–Crippen MR) is 176 cm³/mol. The molecule has 0 aliphatic rings. The normalized spacial score (nSPS) is 12.2. The number of carbonyl (C=O) groups excluding carboxylic acids is 2. The maximum absolute atomic E-state index is 12.5. The first-order valence-corrected chi connectivity index (χ1v) is 15.7. The molecule has 0 fully saturated rings. The van der Waals surface area contributed by atoms with Gasteiger partial charge in [0.05, 0.1) is 30.9 Å². The number of hydrogen-bond acceptors (Lipinski definition) is 10. The number of nitrogens with one attached hydrogen (secondary N) is 2. The molecule has 2 aromatic heterocycles. The summed E-state index contributed by atoms with van der Waals surface area (Å²) in [5.41, 5.74) is 2.21. The highest BCUT2D eigenvalue weighted by molar-refractivity contribution is 5.83. The molecule has 0 saturated carbocycles. The fourth-order valence-corrected chi connectivity index (χ4v) is 4.54. The Hall–Kier alpha value is -5.26. The Bertz CT molecular complexity index is 1550. The summed E-state index contributed by atoms with van der Waals surface area (Å²) in [4.78, 5) is 41.1. The van der Waals surface area contributed by atoms with Gasteiger partial charge in [0.15, 0.2) is 11.5 Å². The Morgan fingerprint density at radius 1 is 0.638 bits per heavy atom. The van der Waals surface area contributed by atoms with Gasteiger partial charge < -0.3 is 30.0 Å². The van der Waals surface area contributed by atoms with Crippen LogP contribution in [0.25, 0.3) is 0 Å². The van der Waals surface area contributed by atoms with Crippen LogP contribution in [0.4, 0.5) is 0 Å². The van der Waals surface area contributed by atoms with Gasteiger partial charge in [0.1, 0.15) is 11.5 Å². The minimum Gasteiger partial charge on any atom is -0.505 e. The van der Waals surface area contributed by atoms with Crippen LogP contribution in [0, 0.1) is 0 Å². The van der Waals surface area contributed by atoms with Gasteiger partial charge in [-0.15, -0.1) is 0 Å². The molecule has 0 aliphatic heterocycles. The molecule has 2 aromatic carbocycles. The Balaban J connectivity index is 1.08. The van der Waals surface area contributed by atoms with Crippen molar-refractivity contribution >= 4 is 11.8 Å². The molecule has 0 aliphatic carbocycles. The molecule has 2 atom stereocenters. The van der Waals surface area contributed by atoms with Gasteiger partial charge in [-0.2, -0.15) is 19.9 Å². The second kappa shape index (κ2) is 17.4. The molecule has 3 N–H and O–H groups in total. The number of ether oxygens (including phenoxy) is 3. The molecule has 4 rings (SSSR count). The standard InChI is InChI=1S/C35H42N6O6/c1-23(2)45-31-21-38-35(39-22-31)47-30-15-11-27(12-16-30)8-6-25(4)41-33(44)18-17-32(43)40-24(3)5-7-26-9-13-29(14-10-26)46-34-36-19-28(42)20-37-34/h9-16,19-25,42H,5-8,17-18H2,1-4H3,(H,40,43)(H,41,44). The summed E-state index contributed by atoms with van der Waals surface area (Å²) >= 11 is 0. The molecule has 248 valence electrons. The van der Waals surface area contributed by atoms with Crippen LogP contribution in [0.1, 0.15) is 64.5 Å². The quantitative estimate of drug-likeness (QED) is 0.131. The molecule has 0 spiro atoms. The lowest BCUT2D eigenvalue weighted by molar-refractivity contribution is -0.127. The molecule has 0 bridgehead atoms. The third kappa shape index (κ3) is 12.6. The van der Waals surface area contributed by atoms with Crippen LogP contribution in [-0.4, -0.2) is 55.0 Å². The van der Waals surface area contributed by atoms with Crippen molar-refractivity contribution in [1.82, 2.24) is 30.6 Å². The van der Waals surface area contributed by atoms with E-state index in [0.29, 0.717) is 17.2 Å². The van der Waals surface area contributed by atoms with Gasteiger partial charge in [0, 0.05) is 24.9 Å². The van der Waals surface area contributed by atoms with E-state index >= 15 is 0 Å². The van der Waals surface area contributed by atoms with Crippen molar-refractivity contribution in [3.63, 3.8) is 0 Å². The summed E-state index contributed by atoms with van der Waals surface area (Å²) in [5, 5.41) is 15.2. The lowest BCUT2D eigenvalue weighted by Gasteiger charge is -2.16. The Morgan fingerprint density at radius 2 is 1.04 bits per heavy atom. The van der Waals surface area contributed by atoms with E-state index in [4.69, 9.17) is 14.2 Å². The van der Waals surface area contributed by atoms with Crippen molar-refractivity contribution in [2.75, 3.05) is 0 Å². The van der Waals surface area contributed by atoms with Crippen molar-refractivity contribution < 1.29 is 28.9 Å². The summed E-state index contributed by atoms with van der Waals surface area (Å²) in [5.74, 6) is 1.48. The van der Waals surface area contributed by atoms with Gasteiger partial charge in [-0.3, -0.25) is 9.59 Å². The molecule has 2 heterocycles. The number of aromatic hydroxyl groups is 1. The maximum atomic E-state index is 12.5. The highest BCUT2D eigenvalue weighted by Crippen LogP contribution is 2.21. The molecular weight excluding hydrogens is 600 g/mol. The largest absolute Gasteiger partial charge is 0.505 e. The summed E-state index contributed by atoms with van der Waals surface area (Å²) < 4.78 is 16.8. The molecule has 12 nitrogen and oxygen atoms in total. The van der Waals surface area contributed by atoms with Crippen molar-refractivity contribution in [2.45, 2.75) is 84.4 Å². The average molecular weight is 643 g/mol. The van der Waals surface area contributed by atoms with Crippen molar-refractivity contribution in [2.24, 2.45) is 0 Å². The number of carbonyl (C=O) groups is 2. The monoisotopic (exact) mass is 642 g/mol. The first-order valence-electron chi connectivity index (χ1n) is 15.7. The van der Waals surface area contributed by atoms with Gasteiger partial charge >= 0.3 is 12.0 Å². The van der Waals surface area contributed by atoms with E-state index in [1.54, 1.807) is 12.4 Å². The molecule has 0 radical (unpaired) electrons. The topological polar surface area (TPSA) is 158 Å². The minimum absolute atomic E-state index is 0.0305. The number of benzene rings is 2. The van der Waals surface area contributed by atoms with Crippen molar-refractivity contribution in [3.05, 3.63) is 84.4 Å². The molecule has 12 heteroatoms. The molecule has 2 amide bonds. The highest BCUT2D eigenvalue weighted by atomic mass is 16.5. The van der Waals surface area contributed by atoms with Gasteiger partial charge in [-0.1, -0.05) is 24.3 Å². The van der Waals surface area contributed by atoms with Gasteiger partial charge in [-0.05, 0) is 88.8 Å². The van der Waals surface area contributed by atoms with Crippen LogP contribution in [-0.2, 0) is 22.4 Å². The zero-order chi connectivity index (χ0) is 33.6. The van der Waals surface area contributed by atoms with E-state index in [2.05, 4.69) is 30.6 Å². The van der Waals surface area contributed by atoms with E-state index in [1.807, 2.05) is 76.2 Å². The molecular formula is C35H42N6O6. The van der Waals surface area contributed by atoms with Crippen LogP contribution in [0.5, 0.6) is 35.0 Å². The number of aryl methyl sites for hydroxylation is 2. The fraction of sp³-hybridized carbons (Fsp3) is 0.371. The lowest BCUT2D eigenvalue weighted by Crippen LogP contribution is -2.36. The van der Waals surface area contributed by atoms with Crippen LogP contribution in [0.3, 0.4) is 0 Å². The third-order valence-electron chi connectivity index (χ3n) is 6.98. The second-order valence-corrected chi connectivity index (χ2v) is 11.6. The fourth-order valence-electron chi connectivity index (χ4n) is 4.54. The van der Waals surface area contributed by atoms with Crippen LogP contribution < -0.4 is 24.8 Å². The van der Waals surface area contributed by atoms with Crippen LogP contribution in [0.2, 0.25) is 0 Å². The first-order chi connectivity index (χ1) is 22.6. The smallest absolute Gasteiger partial charge is 0.322 e. The number of rotatable bonds is 17. The van der Waals surface area contributed by atoms with Crippen LogP contribution in [0.15, 0.2) is 73.3 Å². The van der Waals surface area contributed by atoms with Gasteiger partial charge in [-0.25, -0.2) is 0 Å². The molecule has 2 unspecified atom stereocenters. The van der Waals surface area contributed by atoms with Crippen molar-refractivity contribution in [1.29, 1.82) is 0 Å². The zero-order valence-electron chi connectivity index (χ0n) is 27.2. The van der Waals surface area contributed by atoms with Gasteiger partial charge in [0.25, 0.3) is 0 Å². The second-order valence-electron chi connectivity index (χ2n) is 11.6. The SMILES string of the molecule is CC(CCc1ccc(Oc2ncc(O)cn2)cc1)NC(=O)CCC(=O)NC(C)CCc1ccc(Oc2ncc(OC(C)C)cn2)cc1. The highest BCUT2D eigenvalue weighted by Gasteiger charge is 2.13. The predicted octanol–water partition coefficient (Wildman–Crippen LogP) is 5.70. The first kappa shape index (κ1) is 34.6. The van der Waals surface area contributed by atoms with Gasteiger partial charge in [0.2, 0.25) is 11.8 Å². The van der Waals surface area contributed by atoms with Crippen LogP contribution >= 0.6 is 0 Å². The van der Waals surface area contributed by atoms with E-state index in [0.717, 1.165) is 36.8 Å². The summed E-state index contributed by atoms with van der Waals surface area (Å²) in [6.07, 6.45) is 9.05.